The number of methoxy groups -OCH3 is 1. The second kappa shape index (κ2) is 6.57. The number of benzene rings is 2. The number of aromatic nitrogens is 1. The first-order chi connectivity index (χ1) is 11.2. The predicted molar refractivity (Wildman–Crippen MR) is 91.5 cm³/mol. The summed E-state index contributed by atoms with van der Waals surface area (Å²) in [6, 6.07) is 15.8. The Labute approximate surface area is 135 Å². The van der Waals surface area contributed by atoms with Gasteiger partial charge in [-0.05, 0) is 29.3 Å². The van der Waals surface area contributed by atoms with Crippen molar-refractivity contribution in [2.75, 3.05) is 7.11 Å². The van der Waals surface area contributed by atoms with Crippen molar-refractivity contribution in [1.82, 2.24) is 9.88 Å². The van der Waals surface area contributed by atoms with Crippen LogP contribution < -0.4 is 10.1 Å². The van der Waals surface area contributed by atoms with Crippen molar-refractivity contribution in [1.29, 1.82) is 0 Å². The molecule has 0 bridgehead atoms. The van der Waals surface area contributed by atoms with Crippen LogP contribution in [0.15, 0.2) is 54.7 Å². The van der Waals surface area contributed by atoms with Crippen molar-refractivity contribution in [3.63, 3.8) is 0 Å². The Morgan fingerprint density at radius 1 is 1.17 bits per heavy atom. The summed E-state index contributed by atoms with van der Waals surface area (Å²) in [6.45, 7) is 0.532. The average Bonchev–Trinajstić information content (AvgIpc) is 2.90. The molecule has 3 rings (SSSR count). The van der Waals surface area contributed by atoms with E-state index in [1.54, 1.807) is 7.11 Å². The first kappa shape index (κ1) is 15.2. The number of hydrogen-bond acceptors (Lipinski definition) is 2. The third-order valence-corrected chi connectivity index (χ3v) is 3.95. The minimum Gasteiger partial charge on any atom is -0.497 e. The summed E-state index contributed by atoms with van der Waals surface area (Å²) in [4.78, 5) is 12.2. The van der Waals surface area contributed by atoms with E-state index < -0.39 is 0 Å². The third kappa shape index (κ3) is 3.37. The van der Waals surface area contributed by atoms with E-state index in [4.69, 9.17) is 4.74 Å². The van der Waals surface area contributed by atoms with Crippen molar-refractivity contribution in [2.45, 2.75) is 13.0 Å². The second-order valence-electron chi connectivity index (χ2n) is 5.59. The molecule has 0 saturated carbocycles. The second-order valence-corrected chi connectivity index (χ2v) is 5.59. The number of para-hydroxylation sites is 1. The molecule has 0 aliphatic carbocycles. The maximum Gasteiger partial charge on any atom is 0.224 e. The van der Waals surface area contributed by atoms with Gasteiger partial charge >= 0.3 is 0 Å². The Morgan fingerprint density at radius 2 is 2.00 bits per heavy atom. The smallest absolute Gasteiger partial charge is 0.224 e. The Kier molecular flexibility index (Phi) is 4.33. The van der Waals surface area contributed by atoms with Gasteiger partial charge in [-0.3, -0.25) is 4.79 Å². The molecule has 4 heteroatoms. The van der Waals surface area contributed by atoms with E-state index in [2.05, 4.69) is 28.2 Å². The lowest BCUT2D eigenvalue weighted by molar-refractivity contribution is -0.120. The molecule has 0 spiro atoms. The summed E-state index contributed by atoms with van der Waals surface area (Å²) in [6.07, 6.45) is 2.42. The molecule has 1 amide bonds. The number of nitrogens with one attached hydrogen (secondary N) is 1. The van der Waals surface area contributed by atoms with E-state index in [1.807, 2.05) is 43.4 Å². The van der Waals surface area contributed by atoms with E-state index >= 15 is 0 Å². The molecule has 0 radical (unpaired) electrons. The first-order valence-corrected chi connectivity index (χ1v) is 7.60. The molecule has 0 fully saturated rings. The minimum absolute atomic E-state index is 0.00573. The van der Waals surface area contributed by atoms with Gasteiger partial charge in [-0.15, -0.1) is 0 Å². The highest BCUT2D eigenvalue weighted by atomic mass is 16.5. The number of carbonyl (C=O) groups is 1. The number of aryl methyl sites for hydroxylation is 1. The van der Waals surface area contributed by atoms with E-state index in [1.165, 1.54) is 10.9 Å². The zero-order chi connectivity index (χ0) is 16.2. The molecule has 4 nitrogen and oxygen atoms in total. The number of carbonyl (C=O) groups excluding carboxylic acids is 1. The van der Waals surface area contributed by atoms with E-state index in [0.29, 0.717) is 13.0 Å². The van der Waals surface area contributed by atoms with Crippen molar-refractivity contribution in [2.24, 2.45) is 7.05 Å². The molecule has 2 aromatic carbocycles. The summed E-state index contributed by atoms with van der Waals surface area (Å²) in [7, 11) is 3.64. The molecule has 0 saturated heterocycles. The van der Waals surface area contributed by atoms with E-state index in [0.717, 1.165) is 16.9 Å². The van der Waals surface area contributed by atoms with Crippen LogP contribution in [0.25, 0.3) is 10.9 Å². The zero-order valence-electron chi connectivity index (χ0n) is 13.4. The van der Waals surface area contributed by atoms with Crippen LogP contribution in [-0.2, 0) is 24.8 Å². The van der Waals surface area contributed by atoms with Gasteiger partial charge in [0.25, 0.3) is 0 Å². The van der Waals surface area contributed by atoms with Gasteiger partial charge in [-0.2, -0.15) is 0 Å². The normalized spacial score (nSPS) is 10.7. The lowest BCUT2D eigenvalue weighted by atomic mass is 10.1. The predicted octanol–water partition coefficient (Wildman–Crippen LogP) is 3.05. The molecular formula is C19H20N2O2. The van der Waals surface area contributed by atoms with Crippen molar-refractivity contribution >= 4 is 16.8 Å². The molecule has 1 aromatic heterocycles. The van der Waals surface area contributed by atoms with E-state index in [-0.39, 0.29) is 5.91 Å². The molecule has 23 heavy (non-hydrogen) atoms. The molecule has 0 atom stereocenters. The van der Waals surface area contributed by atoms with Crippen LogP contribution in [0.1, 0.15) is 11.1 Å². The number of fused-ring (bicyclic) bond motifs is 1. The van der Waals surface area contributed by atoms with E-state index in [9.17, 15) is 4.79 Å². The molecule has 3 aromatic rings. The van der Waals surface area contributed by atoms with Crippen LogP contribution in [0.2, 0.25) is 0 Å². The van der Waals surface area contributed by atoms with Crippen molar-refractivity contribution < 1.29 is 9.53 Å². The standard InChI is InChI=1S/C19H20N2O2/c1-21-13-15(17-8-3-4-9-18(17)21)12-20-19(22)11-14-6-5-7-16(10-14)23-2/h3-10,13H,11-12H2,1-2H3,(H,20,22). The SMILES string of the molecule is COc1cccc(CC(=O)NCc2cn(C)c3ccccc23)c1. The lowest BCUT2D eigenvalue weighted by Gasteiger charge is -2.06. The quantitative estimate of drug-likeness (QED) is 0.787. The Balaban J connectivity index is 1.66. The maximum absolute atomic E-state index is 12.2. The Morgan fingerprint density at radius 3 is 2.83 bits per heavy atom. The molecule has 118 valence electrons. The Bertz CT molecular complexity index is 836. The summed E-state index contributed by atoms with van der Waals surface area (Å²) < 4.78 is 7.26. The van der Waals surface area contributed by atoms with Crippen molar-refractivity contribution in [3.05, 3.63) is 65.9 Å². The third-order valence-electron chi connectivity index (χ3n) is 3.95. The number of rotatable bonds is 5. The largest absolute Gasteiger partial charge is 0.497 e. The summed E-state index contributed by atoms with van der Waals surface area (Å²) in [5.74, 6) is 0.774. The van der Waals surface area contributed by atoms with Gasteiger partial charge in [0.1, 0.15) is 5.75 Å². The number of nitrogens with zero attached hydrogens (tertiary/aromatic N) is 1. The van der Waals surface area contributed by atoms with Gasteiger partial charge in [0, 0.05) is 30.7 Å². The van der Waals surface area contributed by atoms with Gasteiger partial charge in [-0.1, -0.05) is 30.3 Å². The van der Waals surface area contributed by atoms with Gasteiger partial charge in [0.05, 0.1) is 13.5 Å². The fraction of sp³-hybridized carbons (Fsp3) is 0.211. The molecule has 1 N–H and O–H groups in total. The van der Waals surface area contributed by atoms with Gasteiger partial charge in [0.15, 0.2) is 0 Å². The average molecular weight is 308 g/mol. The Hall–Kier alpha value is -2.75. The van der Waals surface area contributed by atoms with Gasteiger partial charge < -0.3 is 14.6 Å². The molecule has 0 aliphatic heterocycles. The summed E-state index contributed by atoms with van der Waals surface area (Å²) in [5.41, 5.74) is 3.24. The van der Waals surface area contributed by atoms with Crippen LogP contribution in [0, 0.1) is 0 Å². The van der Waals surface area contributed by atoms with Crippen molar-refractivity contribution in [3.8, 4) is 5.75 Å². The summed E-state index contributed by atoms with van der Waals surface area (Å²) in [5, 5.41) is 4.17. The summed E-state index contributed by atoms with van der Waals surface area (Å²) >= 11 is 0. The van der Waals surface area contributed by atoms with Crippen LogP contribution in [0.5, 0.6) is 5.75 Å². The number of amides is 1. The van der Waals surface area contributed by atoms with Crippen LogP contribution in [0.4, 0.5) is 0 Å². The van der Waals surface area contributed by atoms with Crippen LogP contribution in [-0.4, -0.2) is 17.6 Å². The fourth-order valence-electron chi connectivity index (χ4n) is 2.79. The maximum atomic E-state index is 12.2. The number of hydrogen-bond donors (Lipinski definition) is 1. The number of ether oxygens (including phenoxy) is 1. The lowest BCUT2D eigenvalue weighted by Crippen LogP contribution is -2.24. The highest BCUT2D eigenvalue weighted by Crippen LogP contribution is 2.20. The minimum atomic E-state index is 0.00573. The fourth-order valence-corrected chi connectivity index (χ4v) is 2.79. The first-order valence-electron chi connectivity index (χ1n) is 7.60. The topological polar surface area (TPSA) is 43.3 Å². The highest BCUT2D eigenvalue weighted by molar-refractivity contribution is 5.85. The van der Waals surface area contributed by atoms with Gasteiger partial charge in [0.2, 0.25) is 5.91 Å². The molecule has 0 unspecified atom stereocenters. The van der Waals surface area contributed by atoms with Gasteiger partial charge in [-0.25, -0.2) is 0 Å². The van der Waals surface area contributed by atoms with Crippen LogP contribution in [0.3, 0.4) is 0 Å². The monoisotopic (exact) mass is 308 g/mol. The van der Waals surface area contributed by atoms with Crippen LogP contribution >= 0.6 is 0 Å². The highest BCUT2D eigenvalue weighted by Gasteiger charge is 2.08. The molecular weight excluding hydrogens is 288 g/mol. The zero-order valence-corrected chi connectivity index (χ0v) is 13.4. The molecule has 1 heterocycles. The molecule has 0 aliphatic rings.